The van der Waals surface area contributed by atoms with Crippen molar-refractivity contribution in [2.24, 2.45) is 0 Å². The molecule has 19 N–H and O–H groups in total. The molecule has 6 rings (SSSR count). The molecular formula is C40H68N2O30. The van der Waals surface area contributed by atoms with E-state index in [4.69, 9.17) is 52.1 Å². The Balaban J connectivity index is 1.20. The Kier molecular flexibility index (Phi) is 20.8. The van der Waals surface area contributed by atoms with E-state index in [-0.39, 0.29) is 0 Å². The minimum absolute atomic E-state index is 0.695. The van der Waals surface area contributed by atoms with Crippen molar-refractivity contribution in [2.45, 2.75) is 205 Å². The molecule has 0 radical (unpaired) electrons. The zero-order valence-corrected chi connectivity index (χ0v) is 38.8. The predicted octanol–water partition coefficient (Wildman–Crippen LogP) is -12.8. The molecule has 0 aromatic rings. The number of aliphatic hydroxyl groups is 17. The molecule has 2 amide bonds. The van der Waals surface area contributed by atoms with E-state index in [1.165, 1.54) is 6.92 Å². The molecule has 0 bridgehead atoms. The van der Waals surface area contributed by atoms with Gasteiger partial charge in [-0.05, 0) is 6.92 Å². The van der Waals surface area contributed by atoms with Crippen molar-refractivity contribution in [3.8, 4) is 0 Å². The summed E-state index contributed by atoms with van der Waals surface area (Å²) < 4.78 is 63.3. The monoisotopic (exact) mass is 1060 g/mol. The van der Waals surface area contributed by atoms with Crippen LogP contribution >= 0.6 is 0 Å². The van der Waals surface area contributed by atoms with E-state index < -0.39 is 229 Å². The van der Waals surface area contributed by atoms with Gasteiger partial charge in [-0.15, -0.1) is 0 Å². The third-order valence-electron chi connectivity index (χ3n) is 13.2. The Morgan fingerprint density at radius 1 is 0.389 bits per heavy atom. The SMILES string of the molecule is CC(=O)N[C@@H]1[C@@H](O)[C@H](O[C@@H]2O[C@H](CO[C@H]3O[C@H](CO)[C@@H](O[C@@H]4O[C@H](CO)[C@@H](O[C@@H]5O[C@H](CO)[C@H](O)[C@H](O)[C@H]5O)[C@H](O[C@@H]5O[C@@H](C)[C@@H](O)[C@@H](O)[C@@H]5O)[C@H]4NC(C)=O)[C@H](O)[C@@H]3O)[C@@H](O)[C@H](O)[C@@H]2O)[C@@H](CO)O[C@H]1O. The zero-order valence-electron chi connectivity index (χ0n) is 38.8. The van der Waals surface area contributed by atoms with Crippen LogP contribution in [0.5, 0.6) is 0 Å². The van der Waals surface area contributed by atoms with Crippen LogP contribution in [-0.4, -0.2) is 316 Å². The Bertz CT molecular complexity index is 1730. The van der Waals surface area contributed by atoms with Crippen LogP contribution in [0.3, 0.4) is 0 Å². The van der Waals surface area contributed by atoms with Gasteiger partial charge in [0.1, 0.15) is 140 Å². The number of amides is 2. The number of hydrogen-bond donors (Lipinski definition) is 19. The van der Waals surface area contributed by atoms with Crippen molar-refractivity contribution in [1.29, 1.82) is 0 Å². The van der Waals surface area contributed by atoms with Gasteiger partial charge < -0.3 is 150 Å². The maximum Gasteiger partial charge on any atom is 0.217 e. The highest BCUT2D eigenvalue weighted by atomic mass is 16.8. The van der Waals surface area contributed by atoms with E-state index in [1.807, 2.05) is 0 Å². The third-order valence-corrected chi connectivity index (χ3v) is 13.2. The summed E-state index contributed by atoms with van der Waals surface area (Å²) in [4.78, 5) is 24.6. The molecule has 0 aromatic carbocycles. The number of ether oxygens (including phenoxy) is 11. The van der Waals surface area contributed by atoms with Gasteiger partial charge in [0.2, 0.25) is 11.8 Å². The molecule has 6 fully saturated rings. The smallest absolute Gasteiger partial charge is 0.217 e. The first-order chi connectivity index (χ1) is 34.0. The average molecular weight is 1060 g/mol. The summed E-state index contributed by atoms with van der Waals surface area (Å²) in [5, 5.41) is 186. The number of rotatable bonds is 17. The highest BCUT2D eigenvalue weighted by Crippen LogP contribution is 2.37. The molecule has 0 spiro atoms. The first kappa shape index (κ1) is 59.1. The van der Waals surface area contributed by atoms with Crippen LogP contribution in [0.4, 0.5) is 0 Å². The molecule has 72 heavy (non-hydrogen) atoms. The topological polar surface area (TPSA) is 504 Å². The van der Waals surface area contributed by atoms with Gasteiger partial charge in [-0.2, -0.15) is 0 Å². The van der Waals surface area contributed by atoms with Crippen molar-refractivity contribution >= 4 is 11.8 Å². The van der Waals surface area contributed by atoms with Crippen molar-refractivity contribution < 1.29 is 149 Å². The fraction of sp³-hybridized carbons (Fsp3) is 0.950. The van der Waals surface area contributed by atoms with Gasteiger partial charge in [-0.3, -0.25) is 9.59 Å². The molecule has 0 unspecified atom stereocenters. The summed E-state index contributed by atoms with van der Waals surface area (Å²) in [5.74, 6) is -1.54. The van der Waals surface area contributed by atoms with E-state index in [0.717, 1.165) is 13.8 Å². The lowest BCUT2D eigenvalue weighted by Gasteiger charge is -2.51. The summed E-state index contributed by atoms with van der Waals surface area (Å²) in [6, 6.07) is -3.25. The van der Waals surface area contributed by atoms with Gasteiger partial charge in [0.25, 0.3) is 0 Å². The fourth-order valence-corrected chi connectivity index (χ4v) is 9.16. The minimum Gasteiger partial charge on any atom is -0.394 e. The molecule has 0 saturated carbocycles. The van der Waals surface area contributed by atoms with Crippen molar-refractivity contribution in [3.05, 3.63) is 0 Å². The Labute approximate surface area is 408 Å². The summed E-state index contributed by atoms with van der Waals surface area (Å²) >= 11 is 0. The second-order valence-corrected chi connectivity index (χ2v) is 18.3. The standard InChI is InChI=1S/C40H68N2O30/c1-9-19(49)23(53)27(57)38(63-9)72-34-18(42-11(3)48)36(66-15(7-46)33(34)71-39-28(58)24(54)20(50)12(4-43)65-39)69-32-14(6-45)67-37(30(60)26(32)56)62-8-16-21(51)25(55)29(59)40(68-16)70-31-13(5-44)64-35(61)17(22(31)52)41-10(2)47/h9,12-40,43-46,49-61H,4-8H2,1-3H3,(H,41,47)(H,42,48)/t9-,12+,13+,14+,15+,16+,17+,18+,19+,20-,21+,22+,23+,24-,25-,26+,27-,28+,29-,30-,31+,32+,33+,34+,35+,36-,37-,38-,39-,40-/m0/s1. The van der Waals surface area contributed by atoms with Crippen LogP contribution in [0.2, 0.25) is 0 Å². The quantitative estimate of drug-likeness (QED) is 0.0643. The van der Waals surface area contributed by atoms with Crippen molar-refractivity contribution in [3.63, 3.8) is 0 Å². The van der Waals surface area contributed by atoms with Gasteiger partial charge in [-0.1, -0.05) is 0 Å². The predicted molar refractivity (Wildman–Crippen MR) is 221 cm³/mol. The molecule has 6 aliphatic rings. The average Bonchev–Trinajstić information content (AvgIpc) is 3.34. The van der Waals surface area contributed by atoms with Crippen molar-refractivity contribution in [1.82, 2.24) is 10.6 Å². The summed E-state index contributed by atoms with van der Waals surface area (Å²) in [5.41, 5.74) is 0. The zero-order chi connectivity index (χ0) is 53.2. The van der Waals surface area contributed by atoms with E-state index in [1.54, 1.807) is 0 Å². The second kappa shape index (κ2) is 25.3. The molecule has 6 saturated heterocycles. The van der Waals surface area contributed by atoms with Crippen LogP contribution in [0.25, 0.3) is 0 Å². The van der Waals surface area contributed by atoms with Gasteiger partial charge in [0, 0.05) is 13.8 Å². The molecule has 30 atom stereocenters. The van der Waals surface area contributed by atoms with Crippen LogP contribution < -0.4 is 10.6 Å². The van der Waals surface area contributed by atoms with E-state index in [0.29, 0.717) is 0 Å². The lowest BCUT2D eigenvalue weighted by molar-refractivity contribution is -0.387. The molecule has 0 aliphatic carbocycles. The molecule has 6 aliphatic heterocycles. The van der Waals surface area contributed by atoms with Crippen LogP contribution in [0.1, 0.15) is 20.8 Å². The summed E-state index contributed by atoms with van der Waals surface area (Å²) in [6.07, 6.45) is -51.4. The Morgan fingerprint density at radius 2 is 0.778 bits per heavy atom. The molecular weight excluding hydrogens is 988 g/mol. The maximum absolute atomic E-state index is 12.9. The minimum atomic E-state index is -2.14. The molecule has 32 heteroatoms. The number of aliphatic hydroxyl groups excluding tert-OH is 17. The van der Waals surface area contributed by atoms with E-state index >= 15 is 0 Å². The Morgan fingerprint density at radius 3 is 1.33 bits per heavy atom. The first-order valence-corrected chi connectivity index (χ1v) is 23.0. The van der Waals surface area contributed by atoms with Crippen molar-refractivity contribution in [2.75, 3.05) is 33.0 Å². The van der Waals surface area contributed by atoms with Gasteiger partial charge in [0.15, 0.2) is 37.7 Å². The number of nitrogens with one attached hydrogen (secondary N) is 2. The molecule has 6 heterocycles. The molecule has 32 nitrogen and oxygen atoms in total. The molecule has 0 aromatic heterocycles. The van der Waals surface area contributed by atoms with Gasteiger partial charge >= 0.3 is 0 Å². The number of carbonyl (C=O) groups is 2. The summed E-state index contributed by atoms with van der Waals surface area (Å²) in [7, 11) is 0. The van der Waals surface area contributed by atoms with Gasteiger partial charge in [0.05, 0.1) is 39.1 Å². The first-order valence-electron chi connectivity index (χ1n) is 23.0. The van der Waals surface area contributed by atoms with Gasteiger partial charge in [-0.25, -0.2) is 0 Å². The lowest BCUT2D eigenvalue weighted by Crippen LogP contribution is -2.71. The number of carbonyl (C=O) groups excluding carboxylic acids is 2. The third kappa shape index (κ3) is 12.6. The van der Waals surface area contributed by atoms with Crippen LogP contribution in [0.15, 0.2) is 0 Å². The normalized spacial score (nSPS) is 50.3. The number of hydrogen-bond acceptors (Lipinski definition) is 30. The fourth-order valence-electron chi connectivity index (χ4n) is 9.16. The Hall–Kier alpha value is -2.18. The molecule has 418 valence electrons. The van der Waals surface area contributed by atoms with E-state index in [2.05, 4.69) is 10.6 Å². The van der Waals surface area contributed by atoms with Crippen LogP contribution in [0, 0.1) is 0 Å². The lowest BCUT2D eigenvalue weighted by atomic mass is 9.93. The van der Waals surface area contributed by atoms with Crippen LogP contribution in [-0.2, 0) is 61.7 Å². The highest BCUT2D eigenvalue weighted by molar-refractivity contribution is 5.73. The highest BCUT2D eigenvalue weighted by Gasteiger charge is 2.58. The maximum atomic E-state index is 12.9. The summed E-state index contributed by atoms with van der Waals surface area (Å²) in [6.45, 7) is -1.24. The largest absolute Gasteiger partial charge is 0.394 e. The van der Waals surface area contributed by atoms with E-state index in [9.17, 15) is 96.4 Å². The second-order valence-electron chi connectivity index (χ2n) is 18.3.